The monoisotopic (exact) mass is 468 g/mol. The number of hydrazone groups is 1. The first kappa shape index (κ1) is 19.9. The SMILES string of the molecule is Clc1ccc(C2=NN(c3c(Cl)cccc3Cl)C(c3ccc(Cl)c(Cl)c3)C2)cc1. The molecule has 0 saturated carbocycles. The van der Waals surface area contributed by atoms with Crippen LogP contribution in [0.2, 0.25) is 25.1 Å². The summed E-state index contributed by atoms with van der Waals surface area (Å²) >= 11 is 31.3. The molecule has 0 spiro atoms. The first-order valence-corrected chi connectivity index (χ1v) is 10.3. The highest BCUT2D eigenvalue weighted by Crippen LogP contribution is 2.44. The molecule has 0 amide bonds. The van der Waals surface area contributed by atoms with Gasteiger partial charge in [0.2, 0.25) is 0 Å². The third kappa shape index (κ3) is 3.85. The van der Waals surface area contributed by atoms with Gasteiger partial charge in [-0.1, -0.05) is 82.3 Å². The van der Waals surface area contributed by atoms with Crippen molar-refractivity contribution < 1.29 is 0 Å². The molecule has 0 bridgehead atoms. The van der Waals surface area contributed by atoms with E-state index in [1.807, 2.05) is 47.5 Å². The maximum atomic E-state index is 6.47. The van der Waals surface area contributed by atoms with Crippen LogP contribution in [0.5, 0.6) is 0 Å². The van der Waals surface area contributed by atoms with Crippen LogP contribution in [-0.2, 0) is 0 Å². The summed E-state index contributed by atoms with van der Waals surface area (Å²) in [5, 5.41) is 9.43. The Bertz CT molecular complexity index is 1040. The smallest absolute Gasteiger partial charge is 0.0973 e. The Labute approximate surface area is 188 Å². The largest absolute Gasteiger partial charge is 0.254 e. The van der Waals surface area contributed by atoms with Gasteiger partial charge in [-0.2, -0.15) is 5.10 Å². The van der Waals surface area contributed by atoms with Crippen LogP contribution in [0, 0.1) is 0 Å². The van der Waals surface area contributed by atoms with Crippen LogP contribution >= 0.6 is 58.0 Å². The Morgan fingerprint density at radius 1 is 0.750 bits per heavy atom. The van der Waals surface area contributed by atoms with Crippen molar-refractivity contribution >= 4 is 69.4 Å². The van der Waals surface area contributed by atoms with Gasteiger partial charge in [-0.25, -0.2) is 0 Å². The molecule has 2 nitrogen and oxygen atoms in total. The standard InChI is InChI=1S/C21H13Cl5N2/c22-14-7-4-12(5-8-14)19-11-20(13-6-9-15(23)18(26)10-13)28(27-19)21-16(24)2-1-3-17(21)25/h1-10,20H,11H2. The number of para-hydroxylation sites is 1. The van der Waals surface area contributed by atoms with Crippen LogP contribution in [-0.4, -0.2) is 5.71 Å². The first-order chi connectivity index (χ1) is 13.4. The highest BCUT2D eigenvalue weighted by atomic mass is 35.5. The van der Waals surface area contributed by atoms with Crippen molar-refractivity contribution in [1.82, 2.24) is 0 Å². The number of hydrogen-bond acceptors (Lipinski definition) is 2. The van der Waals surface area contributed by atoms with E-state index < -0.39 is 0 Å². The summed E-state index contributed by atoms with van der Waals surface area (Å²) in [7, 11) is 0. The molecule has 1 aliphatic heterocycles. The second-order valence-electron chi connectivity index (χ2n) is 6.36. The van der Waals surface area contributed by atoms with Gasteiger partial charge < -0.3 is 0 Å². The number of anilines is 1. The lowest BCUT2D eigenvalue weighted by Crippen LogP contribution is -2.19. The van der Waals surface area contributed by atoms with Gasteiger partial charge in [0.15, 0.2) is 0 Å². The van der Waals surface area contributed by atoms with Gasteiger partial charge in [-0.15, -0.1) is 0 Å². The second-order valence-corrected chi connectivity index (χ2v) is 8.43. The molecule has 0 N–H and O–H groups in total. The van der Waals surface area contributed by atoms with E-state index in [-0.39, 0.29) is 6.04 Å². The van der Waals surface area contributed by atoms with Crippen LogP contribution in [0.1, 0.15) is 23.6 Å². The molecule has 4 rings (SSSR count). The molecule has 0 fully saturated rings. The average molecular weight is 471 g/mol. The third-order valence-electron chi connectivity index (χ3n) is 4.58. The minimum absolute atomic E-state index is 0.127. The van der Waals surface area contributed by atoms with Crippen LogP contribution in [0.15, 0.2) is 65.8 Å². The molecule has 142 valence electrons. The van der Waals surface area contributed by atoms with Crippen molar-refractivity contribution in [3.8, 4) is 0 Å². The molecular weight excluding hydrogens is 458 g/mol. The van der Waals surface area contributed by atoms with Crippen molar-refractivity contribution in [3.63, 3.8) is 0 Å². The van der Waals surface area contributed by atoms with Crippen LogP contribution in [0.3, 0.4) is 0 Å². The molecule has 1 atom stereocenters. The maximum absolute atomic E-state index is 6.47. The molecule has 0 radical (unpaired) electrons. The molecular formula is C21H13Cl5N2. The first-order valence-electron chi connectivity index (χ1n) is 8.45. The normalized spacial score (nSPS) is 16.4. The number of rotatable bonds is 3. The van der Waals surface area contributed by atoms with E-state index in [4.69, 9.17) is 63.1 Å². The predicted octanol–water partition coefficient (Wildman–Crippen LogP) is 8.31. The van der Waals surface area contributed by atoms with Crippen molar-refractivity contribution in [2.75, 3.05) is 5.01 Å². The van der Waals surface area contributed by atoms with Gasteiger partial charge in [-0.3, -0.25) is 5.01 Å². The van der Waals surface area contributed by atoms with E-state index in [1.54, 1.807) is 18.2 Å². The summed E-state index contributed by atoms with van der Waals surface area (Å²) in [5.74, 6) is 0. The molecule has 1 heterocycles. The molecule has 7 heteroatoms. The highest BCUT2D eigenvalue weighted by molar-refractivity contribution is 6.42. The fraction of sp³-hybridized carbons (Fsp3) is 0.0952. The Kier molecular flexibility index (Phi) is 5.78. The van der Waals surface area contributed by atoms with Crippen molar-refractivity contribution in [1.29, 1.82) is 0 Å². The number of benzene rings is 3. The zero-order chi connectivity index (χ0) is 19.8. The Hall–Kier alpha value is -1.42. The molecule has 0 aromatic heterocycles. The zero-order valence-corrected chi connectivity index (χ0v) is 18.1. The van der Waals surface area contributed by atoms with Crippen LogP contribution in [0.4, 0.5) is 5.69 Å². The van der Waals surface area contributed by atoms with Gasteiger partial charge in [0, 0.05) is 11.4 Å². The molecule has 1 unspecified atom stereocenters. The molecule has 3 aromatic rings. The van der Waals surface area contributed by atoms with Crippen LogP contribution < -0.4 is 5.01 Å². The lowest BCUT2D eigenvalue weighted by atomic mass is 9.98. The molecule has 3 aromatic carbocycles. The zero-order valence-electron chi connectivity index (χ0n) is 14.3. The summed E-state index contributed by atoms with van der Waals surface area (Å²) in [6, 6.07) is 18.4. The summed E-state index contributed by atoms with van der Waals surface area (Å²) < 4.78 is 0. The van der Waals surface area contributed by atoms with Crippen molar-refractivity contribution in [2.45, 2.75) is 12.5 Å². The second kappa shape index (κ2) is 8.14. The van der Waals surface area contributed by atoms with Crippen molar-refractivity contribution in [3.05, 3.63) is 96.9 Å². The Morgan fingerprint density at radius 2 is 1.43 bits per heavy atom. The molecule has 0 aliphatic carbocycles. The van der Waals surface area contributed by atoms with E-state index >= 15 is 0 Å². The molecule has 28 heavy (non-hydrogen) atoms. The van der Waals surface area contributed by atoms with E-state index in [0.29, 0.717) is 37.2 Å². The fourth-order valence-corrected chi connectivity index (χ4v) is 4.22. The fourth-order valence-electron chi connectivity index (χ4n) is 3.22. The van der Waals surface area contributed by atoms with Gasteiger partial charge >= 0.3 is 0 Å². The summed E-state index contributed by atoms with van der Waals surface area (Å²) in [5.41, 5.74) is 3.52. The van der Waals surface area contributed by atoms with Crippen molar-refractivity contribution in [2.24, 2.45) is 5.10 Å². The Morgan fingerprint density at radius 3 is 2.07 bits per heavy atom. The lowest BCUT2D eigenvalue weighted by Gasteiger charge is -2.26. The number of hydrogen-bond donors (Lipinski definition) is 0. The molecule has 0 saturated heterocycles. The average Bonchev–Trinajstić information content (AvgIpc) is 3.09. The van der Waals surface area contributed by atoms with E-state index in [1.165, 1.54) is 0 Å². The van der Waals surface area contributed by atoms with E-state index in [0.717, 1.165) is 16.8 Å². The minimum Gasteiger partial charge on any atom is -0.254 e. The van der Waals surface area contributed by atoms with E-state index in [2.05, 4.69) is 0 Å². The Balaban J connectivity index is 1.82. The van der Waals surface area contributed by atoms with Gasteiger partial charge in [0.1, 0.15) is 0 Å². The van der Waals surface area contributed by atoms with Gasteiger partial charge in [0.05, 0.1) is 37.5 Å². The summed E-state index contributed by atoms with van der Waals surface area (Å²) in [4.78, 5) is 0. The summed E-state index contributed by atoms with van der Waals surface area (Å²) in [6.07, 6.45) is 0.654. The minimum atomic E-state index is -0.127. The third-order valence-corrected chi connectivity index (χ3v) is 6.18. The predicted molar refractivity (Wildman–Crippen MR) is 121 cm³/mol. The maximum Gasteiger partial charge on any atom is 0.0973 e. The topological polar surface area (TPSA) is 15.6 Å². The number of nitrogens with zero attached hydrogens (tertiary/aromatic N) is 2. The molecule has 1 aliphatic rings. The van der Waals surface area contributed by atoms with Gasteiger partial charge in [-0.05, 0) is 47.5 Å². The van der Waals surface area contributed by atoms with E-state index in [9.17, 15) is 0 Å². The lowest BCUT2D eigenvalue weighted by molar-refractivity contribution is 0.709. The number of halogens is 5. The highest BCUT2D eigenvalue weighted by Gasteiger charge is 2.32. The quantitative estimate of drug-likeness (QED) is 0.376. The van der Waals surface area contributed by atoms with Gasteiger partial charge in [0.25, 0.3) is 0 Å². The summed E-state index contributed by atoms with van der Waals surface area (Å²) in [6.45, 7) is 0. The van der Waals surface area contributed by atoms with Crippen LogP contribution in [0.25, 0.3) is 0 Å².